The largest absolute Gasteiger partial charge is 0.450 e. The van der Waals surface area contributed by atoms with Crippen molar-refractivity contribution in [1.82, 2.24) is 0 Å². The van der Waals surface area contributed by atoms with Crippen LogP contribution in [0.4, 0.5) is 0 Å². The third-order valence-corrected chi connectivity index (χ3v) is 10.6. The first kappa shape index (κ1) is 23.8. The lowest BCUT2D eigenvalue weighted by atomic mass is 9.81. The first-order valence-corrected chi connectivity index (χ1v) is 13.7. The van der Waals surface area contributed by atoms with Crippen molar-refractivity contribution < 1.29 is 18.7 Å². The molecule has 1 aliphatic rings. The Balaban J connectivity index is 2.07. The molecule has 2 rings (SSSR count). The number of benzene rings is 1. The Morgan fingerprint density at radius 2 is 1.90 bits per heavy atom. The molecule has 162 valence electrons. The van der Waals surface area contributed by atoms with Gasteiger partial charge in [0.05, 0.1) is 12.7 Å². The number of allylic oxidation sites excluding steroid dienone is 1. The molecule has 0 heterocycles. The molecule has 5 heteroatoms. The number of carbonyl (C=O) groups excluding carboxylic acids is 1. The molecule has 1 aromatic rings. The predicted octanol–water partition coefficient (Wildman–Crippen LogP) is 6.03. The van der Waals surface area contributed by atoms with Gasteiger partial charge in [-0.2, -0.15) is 0 Å². The molecule has 1 aromatic carbocycles. The Labute approximate surface area is 177 Å². The summed E-state index contributed by atoms with van der Waals surface area (Å²) in [6.07, 6.45) is 7.73. The van der Waals surface area contributed by atoms with Crippen molar-refractivity contribution in [3.8, 4) is 0 Å². The van der Waals surface area contributed by atoms with Gasteiger partial charge >= 0.3 is 5.97 Å². The van der Waals surface area contributed by atoms with Crippen LogP contribution in [0.5, 0.6) is 0 Å². The lowest BCUT2D eigenvalue weighted by Crippen LogP contribution is -2.55. The second-order valence-electron chi connectivity index (χ2n) is 9.52. The van der Waals surface area contributed by atoms with Crippen molar-refractivity contribution in [2.75, 3.05) is 6.61 Å². The van der Waals surface area contributed by atoms with Gasteiger partial charge in [0.1, 0.15) is 6.61 Å². The van der Waals surface area contributed by atoms with E-state index in [1.807, 2.05) is 49.4 Å². The third kappa shape index (κ3) is 6.53. The Bertz CT molecular complexity index is 678. The van der Waals surface area contributed by atoms with E-state index in [0.717, 1.165) is 31.2 Å². The maximum atomic E-state index is 12.7. The highest BCUT2D eigenvalue weighted by Crippen LogP contribution is 2.43. The number of hydrogen-bond acceptors (Lipinski definition) is 4. The second kappa shape index (κ2) is 10.1. The van der Waals surface area contributed by atoms with Crippen molar-refractivity contribution in [2.24, 2.45) is 0 Å². The van der Waals surface area contributed by atoms with Crippen LogP contribution in [0, 0.1) is 0 Å². The fourth-order valence-corrected chi connectivity index (χ4v) is 4.90. The lowest BCUT2D eigenvalue weighted by molar-refractivity contribution is -0.174. The highest BCUT2D eigenvalue weighted by molar-refractivity contribution is 6.74. The van der Waals surface area contributed by atoms with Crippen molar-refractivity contribution in [3.63, 3.8) is 0 Å². The molecule has 1 fully saturated rings. The summed E-state index contributed by atoms with van der Waals surface area (Å²) in [7, 11) is -1.99. The third-order valence-electron chi connectivity index (χ3n) is 6.16. The Kier molecular flexibility index (Phi) is 8.26. The molecule has 1 saturated carbocycles. The number of rotatable bonds is 8. The van der Waals surface area contributed by atoms with Crippen LogP contribution in [0.15, 0.2) is 42.5 Å². The zero-order valence-corrected chi connectivity index (χ0v) is 20.0. The van der Waals surface area contributed by atoms with Crippen LogP contribution in [-0.2, 0) is 25.3 Å². The summed E-state index contributed by atoms with van der Waals surface area (Å²) in [5.41, 5.74) is 0.343. The standard InChI is InChI=1S/C24H38O4Si/c1-7-16-24(27-22(25)19-26-18-20-13-9-8-10-14-20)17-12-11-15-21(24)28-29(5,6)23(2,3)4/h7-10,13-14,16,21H,11-12,15,17-19H2,1-6H3/b16-7-/t21-,24-/m1/s1. The highest BCUT2D eigenvalue weighted by Gasteiger charge is 2.48. The minimum Gasteiger partial charge on any atom is -0.450 e. The lowest BCUT2D eigenvalue weighted by Gasteiger charge is -2.47. The van der Waals surface area contributed by atoms with Crippen molar-refractivity contribution in [2.45, 2.75) is 89.8 Å². The molecule has 0 unspecified atom stereocenters. The van der Waals surface area contributed by atoms with Crippen LogP contribution >= 0.6 is 0 Å². The maximum Gasteiger partial charge on any atom is 0.333 e. The fraction of sp³-hybridized carbons (Fsp3) is 0.625. The predicted molar refractivity (Wildman–Crippen MR) is 120 cm³/mol. The van der Waals surface area contributed by atoms with E-state index in [2.05, 4.69) is 33.9 Å². The summed E-state index contributed by atoms with van der Waals surface area (Å²) in [6, 6.07) is 9.85. The summed E-state index contributed by atoms with van der Waals surface area (Å²) in [5.74, 6) is -0.329. The second-order valence-corrected chi connectivity index (χ2v) is 14.3. The molecule has 4 nitrogen and oxygen atoms in total. The molecule has 1 aliphatic carbocycles. The van der Waals surface area contributed by atoms with Crippen LogP contribution in [0.2, 0.25) is 18.1 Å². The first-order chi connectivity index (χ1) is 13.6. The molecule has 29 heavy (non-hydrogen) atoms. The van der Waals surface area contributed by atoms with E-state index >= 15 is 0 Å². The van der Waals surface area contributed by atoms with Crippen LogP contribution in [0.3, 0.4) is 0 Å². The highest BCUT2D eigenvalue weighted by atomic mass is 28.4. The van der Waals surface area contributed by atoms with Gasteiger partial charge in [-0.25, -0.2) is 4.79 Å². The first-order valence-electron chi connectivity index (χ1n) is 10.7. The SMILES string of the molecule is C/C=C\[C@@]1(OC(=O)COCc2ccccc2)CCCC[C@H]1O[Si](C)(C)C(C)(C)C. The summed E-state index contributed by atoms with van der Waals surface area (Å²) in [5, 5.41) is 0.106. The molecule has 0 aromatic heterocycles. The van der Waals surface area contributed by atoms with Crippen molar-refractivity contribution in [1.29, 1.82) is 0 Å². The van der Waals surface area contributed by atoms with E-state index in [-0.39, 0.29) is 23.7 Å². The van der Waals surface area contributed by atoms with Crippen LogP contribution in [-0.4, -0.2) is 32.6 Å². The monoisotopic (exact) mass is 418 g/mol. The van der Waals surface area contributed by atoms with E-state index in [1.165, 1.54) is 0 Å². The maximum absolute atomic E-state index is 12.7. The Hall–Kier alpha value is -1.43. The fourth-order valence-electron chi connectivity index (χ4n) is 3.52. The van der Waals surface area contributed by atoms with Gasteiger partial charge in [-0.05, 0) is 56.0 Å². The molecule has 0 radical (unpaired) electrons. The Morgan fingerprint density at radius 1 is 1.21 bits per heavy atom. The molecule has 0 bridgehead atoms. The quantitative estimate of drug-likeness (QED) is 0.294. The van der Waals surface area contributed by atoms with Gasteiger partial charge in [0, 0.05) is 0 Å². The van der Waals surface area contributed by atoms with Gasteiger partial charge in [0.25, 0.3) is 0 Å². The van der Waals surface area contributed by atoms with E-state index in [1.54, 1.807) is 0 Å². The van der Waals surface area contributed by atoms with Crippen LogP contribution in [0.1, 0.15) is 58.9 Å². The number of carbonyl (C=O) groups is 1. The minimum atomic E-state index is -1.99. The number of ether oxygens (including phenoxy) is 2. The molecular weight excluding hydrogens is 380 g/mol. The van der Waals surface area contributed by atoms with Gasteiger partial charge < -0.3 is 13.9 Å². The Morgan fingerprint density at radius 3 is 2.52 bits per heavy atom. The molecule has 2 atom stereocenters. The number of hydrogen-bond donors (Lipinski definition) is 0. The van der Waals surface area contributed by atoms with E-state index in [9.17, 15) is 4.79 Å². The molecule has 0 spiro atoms. The van der Waals surface area contributed by atoms with E-state index in [4.69, 9.17) is 13.9 Å². The van der Waals surface area contributed by atoms with Crippen molar-refractivity contribution >= 4 is 14.3 Å². The van der Waals surface area contributed by atoms with Crippen LogP contribution in [0.25, 0.3) is 0 Å². The summed E-state index contributed by atoms with van der Waals surface area (Å²) < 4.78 is 18.4. The average molecular weight is 419 g/mol. The van der Waals surface area contributed by atoms with Gasteiger partial charge in [0.15, 0.2) is 13.9 Å². The zero-order valence-electron chi connectivity index (χ0n) is 19.0. The molecule has 0 amide bonds. The van der Waals surface area contributed by atoms with Gasteiger partial charge in [-0.3, -0.25) is 0 Å². The summed E-state index contributed by atoms with van der Waals surface area (Å²) in [4.78, 5) is 12.7. The van der Waals surface area contributed by atoms with Crippen molar-refractivity contribution in [3.05, 3.63) is 48.0 Å². The minimum absolute atomic E-state index is 0.0546. The normalized spacial score (nSPS) is 23.3. The van der Waals surface area contributed by atoms with Gasteiger partial charge in [0.2, 0.25) is 0 Å². The van der Waals surface area contributed by atoms with Crippen LogP contribution < -0.4 is 0 Å². The van der Waals surface area contributed by atoms with Gasteiger partial charge in [-0.1, -0.05) is 63.6 Å². The smallest absolute Gasteiger partial charge is 0.333 e. The van der Waals surface area contributed by atoms with E-state index < -0.39 is 13.9 Å². The molecular formula is C24H38O4Si. The van der Waals surface area contributed by atoms with Gasteiger partial charge in [-0.15, -0.1) is 0 Å². The zero-order chi connectivity index (χ0) is 21.5. The average Bonchev–Trinajstić information content (AvgIpc) is 2.64. The molecule has 0 saturated heterocycles. The number of esters is 1. The van der Waals surface area contributed by atoms with E-state index in [0.29, 0.717) is 6.61 Å². The molecule has 0 aliphatic heterocycles. The summed E-state index contributed by atoms with van der Waals surface area (Å²) >= 11 is 0. The topological polar surface area (TPSA) is 44.8 Å². The summed E-state index contributed by atoms with van der Waals surface area (Å²) in [6.45, 7) is 13.5. The molecule has 0 N–H and O–H groups in total.